The lowest BCUT2D eigenvalue weighted by molar-refractivity contribution is -0.124. The average molecular weight is 409 g/mol. The number of para-hydroxylation sites is 2. The molecule has 0 radical (unpaired) electrons. The van der Waals surface area contributed by atoms with Gasteiger partial charge in [-0.1, -0.05) is 24.3 Å². The zero-order chi connectivity index (χ0) is 20.9. The average Bonchev–Trinajstić information content (AvgIpc) is 2.78. The summed E-state index contributed by atoms with van der Waals surface area (Å²) in [5.41, 5.74) is 2.63. The molecular weight excluding hydrogens is 386 g/mol. The smallest absolute Gasteiger partial charge is 0.338 e. The van der Waals surface area contributed by atoms with Gasteiger partial charge in [0.2, 0.25) is 5.91 Å². The molecule has 0 unspecified atom stereocenters. The fourth-order valence-electron chi connectivity index (χ4n) is 3.51. The van der Waals surface area contributed by atoms with Crippen molar-refractivity contribution in [2.45, 2.75) is 6.54 Å². The highest BCUT2D eigenvalue weighted by molar-refractivity contribution is 6.10. The summed E-state index contributed by atoms with van der Waals surface area (Å²) >= 11 is 0. The molecule has 30 heavy (non-hydrogen) atoms. The van der Waals surface area contributed by atoms with E-state index in [2.05, 4.69) is 10.2 Å². The standard InChI is InChI=1S/C22H23N3O5/c26-20-14-25(19-4-2-1-3-18(19)23-20)21(27)15-30-22(28)17-7-5-16(6-8-17)13-24-9-11-29-12-10-24/h1-8H,9-15H2,(H,23,26). The first kappa shape index (κ1) is 20.1. The lowest BCUT2D eigenvalue weighted by Crippen LogP contribution is -2.44. The fourth-order valence-corrected chi connectivity index (χ4v) is 3.51. The third kappa shape index (κ3) is 4.67. The van der Waals surface area contributed by atoms with Gasteiger partial charge in [0.25, 0.3) is 5.91 Å². The number of hydrogen-bond acceptors (Lipinski definition) is 6. The number of rotatable bonds is 5. The minimum absolute atomic E-state index is 0.108. The Morgan fingerprint density at radius 2 is 1.77 bits per heavy atom. The van der Waals surface area contributed by atoms with E-state index in [0.29, 0.717) is 16.9 Å². The second-order valence-electron chi connectivity index (χ2n) is 7.21. The second-order valence-corrected chi connectivity index (χ2v) is 7.21. The lowest BCUT2D eigenvalue weighted by atomic mass is 10.1. The largest absolute Gasteiger partial charge is 0.452 e. The van der Waals surface area contributed by atoms with Crippen LogP contribution in [0.15, 0.2) is 48.5 Å². The molecule has 8 heteroatoms. The zero-order valence-corrected chi connectivity index (χ0v) is 16.5. The van der Waals surface area contributed by atoms with Gasteiger partial charge in [0.15, 0.2) is 6.61 Å². The van der Waals surface area contributed by atoms with Crippen LogP contribution in [0.2, 0.25) is 0 Å². The first-order valence-corrected chi connectivity index (χ1v) is 9.85. The SMILES string of the molecule is O=C1CN(C(=O)COC(=O)c2ccc(CN3CCOCC3)cc2)c2ccccc2N1. The summed E-state index contributed by atoms with van der Waals surface area (Å²) in [5, 5.41) is 2.72. The van der Waals surface area contributed by atoms with Crippen LogP contribution >= 0.6 is 0 Å². The number of fused-ring (bicyclic) bond motifs is 1. The molecule has 2 aromatic carbocycles. The van der Waals surface area contributed by atoms with Crippen LogP contribution in [0.1, 0.15) is 15.9 Å². The van der Waals surface area contributed by atoms with Crippen molar-refractivity contribution < 1.29 is 23.9 Å². The predicted octanol–water partition coefficient (Wildman–Crippen LogP) is 1.66. The molecule has 1 fully saturated rings. The maximum atomic E-state index is 12.6. The molecule has 1 saturated heterocycles. The van der Waals surface area contributed by atoms with Crippen LogP contribution in [0.25, 0.3) is 0 Å². The van der Waals surface area contributed by atoms with Gasteiger partial charge >= 0.3 is 5.97 Å². The number of hydrogen-bond donors (Lipinski definition) is 1. The van der Waals surface area contributed by atoms with Crippen LogP contribution < -0.4 is 10.2 Å². The van der Waals surface area contributed by atoms with Crippen LogP contribution in [-0.2, 0) is 25.6 Å². The van der Waals surface area contributed by atoms with Crippen molar-refractivity contribution in [1.82, 2.24) is 4.90 Å². The van der Waals surface area contributed by atoms with E-state index < -0.39 is 18.5 Å². The van der Waals surface area contributed by atoms with Gasteiger partial charge in [-0.05, 0) is 29.8 Å². The summed E-state index contributed by atoms with van der Waals surface area (Å²) in [5.74, 6) is -1.31. The molecule has 0 aliphatic carbocycles. The number of esters is 1. The van der Waals surface area contributed by atoms with Crippen molar-refractivity contribution in [3.63, 3.8) is 0 Å². The fraction of sp³-hybridized carbons (Fsp3) is 0.318. The number of morpholine rings is 1. The number of nitrogens with one attached hydrogen (secondary N) is 1. The first-order valence-electron chi connectivity index (χ1n) is 9.85. The highest BCUT2D eigenvalue weighted by atomic mass is 16.5. The van der Waals surface area contributed by atoms with Crippen molar-refractivity contribution >= 4 is 29.2 Å². The molecular formula is C22H23N3O5. The molecule has 8 nitrogen and oxygen atoms in total. The van der Waals surface area contributed by atoms with E-state index in [1.165, 1.54) is 4.90 Å². The highest BCUT2D eigenvalue weighted by Gasteiger charge is 2.27. The van der Waals surface area contributed by atoms with Gasteiger partial charge in [0.05, 0.1) is 30.2 Å². The van der Waals surface area contributed by atoms with E-state index in [4.69, 9.17) is 9.47 Å². The van der Waals surface area contributed by atoms with Crippen molar-refractivity contribution in [1.29, 1.82) is 0 Å². The minimum atomic E-state index is -0.573. The quantitative estimate of drug-likeness (QED) is 0.756. The molecule has 2 amide bonds. The third-order valence-electron chi connectivity index (χ3n) is 5.10. The second kappa shape index (κ2) is 9.06. The van der Waals surface area contributed by atoms with Gasteiger partial charge in [-0.15, -0.1) is 0 Å². The molecule has 2 heterocycles. The zero-order valence-electron chi connectivity index (χ0n) is 16.5. The summed E-state index contributed by atoms with van der Waals surface area (Å²) in [6.45, 7) is 3.52. The van der Waals surface area contributed by atoms with E-state index in [0.717, 1.165) is 38.4 Å². The molecule has 156 valence electrons. The van der Waals surface area contributed by atoms with Crippen LogP contribution in [0, 0.1) is 0 Å². The van der Waals surface area contributed by atoms with Crippen molar-refractivity contribution in [2.75, 3.05) is 49.7 Å². The predicted molar refractivity (Wildman–Crippen MR) is 110 cm³/mol. The van der Waals surface area contributed by atoms with Crippen molar-refractivity contribution in [3.05, 3.63) is 59.7 Å². The van der Waals surface area contributed by atoms with E-state index >= 15 is 0 Å². The normalized spacial score (nSPS) is 16.5. The van der Waals surface area contributed by atoms with E-state index in [1.54, 1.807) is 36.4 Å². The van der Waals surface area contributed by atoms with Crippen LogP contribution in [0.4, 0.5) is 11.4 Å². The minimum Gasteiger partial charge on any atom is -0.452 e. The van der Waals surface area contributed by atoms with E-state index in [1.807, 2.05) is 12.1 Å². The van der Waals surface area contributed by atoms with Gasteiger partial charge in [-0.3, -0.25) is 19.4 Å². The van der Waals surface area contributed by atoms with E-state index in [-0.39, 0.29) is 12.5 Å². The lowest BCUT2D eigenvalue weighted by Gasteiger charge is -2.28. The Morgan fingerprint density at radius 3 is 2.53 bits per heavy atom. The molecule has 2 aliphatic heterocycles. The topological polar surface area (TPSA) is 88.2 Å². The van der Waals surface area contributed by atoms with E-state index in [9.17, 15) is 14.4 Å². The van der Waals surface area contributed by atoms with Crippen molar-refractivity contribution in [2.24, 2.45) is 0 Å². The third-order valence-corrected chi connectivity index (χ3v) is 5.10. The Bertz CT molecular complexity index is 938. The molecule has 0 spiro atoms. The number of carbonyl (C=O) groups is 3. The number of amides is 2. The summed E-state index contributed by atoms with van der Waals surface area (Å²) < 4.78 is 10.5. The molecule has 2 aliphatic rings. The van der Waals surface area contributed by atoms with Gasteiger partial charge in [0, 0.05) is 19.6 Å². The Labute approximate surface area is 174 Å². The maximum Gasteiger partial charge on any atom is 0.338 e. The molecule has 0 atom stereocenters. The van der Waals surface area contributed by atoms with Crippen LogP contribution in [-0.4, -0.2) is 62.1 Å². The Kier molecular flexibility index (Phi) is 6.06. The van der Waals surface area contributed by atoms with Gasteiger partial charge in [0.1, 0.15) is 6.54 Å². The Hall–Kier alpha value is -3.23. The Balaban J connectivity index is 1.33. The Morgan fingerprint density at radius 1 is 1.03 bits per heavy atom. The van der Waals surface area contributed by atoms with Gasteiger partial charge in [-0.25, -0.2) is 4.79 Å². The molecule has 0 saturated carbocycles. The molecule has 0 bridgehead atoms. The van der Waals surface area contributed by atoms with Crippen molar-refractivity contribution in [3.8, 4) is 0 Å². The summed E-state index contributed by atoms with van der Waals surface area (Å²) in [6.07, 6.45) is 0. The molecule has 4 rings (SSSR count). The van der Waals surface area contributed by atoms with Crippen LogP contribution in [0.3, 0.4) is 0 Å². The molecule has 2 aromatic rings. The van der Waals surface area contributed by atoms with Gasteiger partial charge < -0.3 is 14.8 Å². The van der Waals surface area contributed by atoms with Gasteiger partial charge in [-0.2, -0.15) is 0 Å². The number of carbonyl (C=O) groups excluding carboxylic acids is 3. The number of anilines is 2. The summed E-state index contributed by atoms with van der Waals surface area (Å²) in [4.78, 5) is 40.4. The number of ether oxygens (including phenoxy) is 2. The summed E-state index contributed by atoms with van der Waals surface area (Å²) in [6, 6.07) is 14.2. The van der Waals surface area contributed by atoms with Crippen LogP contribution in [0.5, 0.6) is 0 Å². The molecule has 1 N–H and O–H groups in total. The number of nitrogens with zero attached hydrogens (tertiary/aromatic N) is 2. The molecule has 0 aromatic heterocycles. The monoisotopic (exact) mass is 409 g/mol. The maximum absolute atomic E-state index is 12.6. The number of benzene rings is 2. The summed E-state index contributed by atoms with van der Waals surface area (Å²) in [7, 11) is 0. The first-order chi connectivity index (χ1) is 14.6. The highest BCUT2D eigenvalue weighted by Crippen LogP contribution is 2.28.